The van der Waals surface area contributed by atoms with Crippen molar-refractivity contribution in [2.75, 3.05) is 25.4 Å². The first-order valence-electron chi connectivity index (χ1n) is 6.37. The molecule has 1 unspecified atom stereocenters. The SMILES string of the molecule is CC1(CNS(=O)(=O)CCCC(F)(F)F)CCCNC1. The Labute approximate surface area is 112 Å². The highest BCUT2D eigenvalue weighted by Gasteiger charge is 2.30. The molecule has 0 amide bonds. The Hall–Kier alpha value is -0.340. The lowest BCUT2D eigenvalue weighted by molar-refractivity contribution is -0.134. The van der Waals surface area contributed by atoms with Gasteiger partial charge in [-0.3, -0.25) is 0 Å². The molecule has 0 aromatic rings. The van der Waals surface area contributed by atoms with Crippen molar-refractivity contribution in [2.24, 2.45) is 5.41 Å². The number of piperidine rings is 1. The second-order valence-electron chi connectivity index (χ2n) is 5.45. The van der Waals surface area contributed by atoms with Gasteiger partial charge in [-0.05, 0) is 31.2 Å². The summed E-state index contributed by atoms with van der Waals surface area (Å²) in [6.45, 7) is 3.89. The predicted molar refractivity (Wildman–Crippen MR) is 67.3 cm³/mol. The van der Waals surface area contributed by atoms with Crippen LogP contribution in [0, 0.1) is 5.41 Å². The van der Waals surface area contributed by atoms with Crippen molar-refractivity contribution in [3.05, 3.63) is 0 Å². The van der Waals surface area contributed by atoms with Gasteiger partial charge in [-0.15, -0.1) is 0 Å². The summed E-state index contributed by atoms with van der Waals surface area (Å²) in [7, 11) is -3.62. The molecule has 2 N–H and O–H groups in total. The first kappa shape index (κ1) is 16.7. The molecule has 0 spiro atoms. The van der Waals surface area contributed by atoms with Crippen LogP contribution >= 0.6 is 0 Å². The van der Waals surface area contributed by atoms with Crippen LogP contribution in [0.1, 0.15) is 32.6 Å². The van der Waals surface area contributed by atoms with E-state index in [0.717, 1.165) is 25.9 Å². The minimum absolute atomic E-state index is 0.157. The number of halogens is 3. The summed E-state index contributed by atoms with van der Waals surface area (Å²) < 4.78 is 61.5. The monoisotopic (exact) mass is 302 g/mol. The highest BCUT2D eigenvalue weighted by atomic mass is 32.2. The minimum Gasteiger partial charge on any atom is -0.316 e. The van der Waals surface area contributed by atoms with Gasteiger partial charge in [0.05, 0.1) is 5.75 Å². The van der Waals surface area contributed by atoms with E-state index in [0.29, 0.717) is 0 Å². The second-order valence-corrected chi connectivity index (χ2v) is 7.38. The van der Waals surface area contributed by atoms with E-state index in [1.807, 2.05) is 6.92 Å². The van der Waals surface area contributed by atoms with Gasteiger partial charge in [0.25, 0.3) is 0 Å². The zero-order chi connectivity index (χ0) is 14.6. The van der Waals surface area contributed by atoms with Crippen LogP contribution in [0.4, 0.5) is 13.2 Å². The van der Waals surface area contributed by atoms with E-state index in [9.17, 15) is 21.6 Å². The van der Waals surface area contributed by atoms with Crippen LogP contribution in [0.2, 0.25) is 0 Å². The third-order valence-electron chi connectivity index (χ3n) is 3.28. The quantitative estimate of drug-likeness (QED) is 0.784. The highest BCUT2D eigenvalue weighted by molar-refractivity contribution is 7.89. The summed E-state index contributed by atoms with van der Waals surface area (Å²) in [6, 6.07) is 0. The van der Waals surface area contributed by atoms with E-state index < -0.39 is 34.8 Å². The molecule has 0 aliphatic carbocycles. The maximum atomic E-state index is 11.9. The van der Waals surface area contributed by atoms with Crippen molar-refractivity contribution in [1.29, 1.82) is 0 Å². The Bertz CT molecular complexity index is 376. The van der Waals surface area contributed by atoms with E-state index in [-0.39, 0.29) is 12.0 Å². The van der Waals surface area contributed by atoms with Crippen LogP contribution in [-0.4, -0.2) is 40.0 Å². The van der Waals surface area contributed by atoms with Crippen molar-refractivity contribution >= 4 is 10.0 Å². The molecule has 114 valence electrons. The average Bonchev–Trinajstić information content (AvgIpc) is 2.26. The topological polar surface area (TPSA) is 58.2 Å². The van der Waals surface area contributed by atoms with E-state index in [1.165, 1.54) is 0 Å². The van der Waals surface area contributed by atoms with Crippen LogP contribution in [0.25, 0.3) is 0 Å². The largest absolute Gasteiger partial charge is 0.389 e. The second kappa shape index (κ2) is 6.41. The van der Waals surface area contributed by atoms with Crippen molar-refractivity contribution in [1.82, 2.24) is 10.0 Å². The average molecular weight is 302 g/mol. The maximum absolute atomic E-state index is 11.9. The van der Waals surface area contributed by atoms with Gasteiger partial charge >= 0.3 is 6.18 Å². The fraction of sp³-hybridized carbons (Fsp3) is 1.00. The molecule has 4 nitrogen and oxygen atoms in total. The van der Waals surface area contributed by atoms with Crippen molar-refractivity contribution < 1.29 is 21.6 Å². The van der Waals surface area contributed by atoms with Crippen molar-refractivity contribution in [2.45, 2.75) is 38.8 Å². The normalized spacial score (nSPS) is 25.5. The summed E-state index contributed by atoms with van der Waals surface area (Å²) >= 11 is 0. The van der Waals surface area contributed by atoms with Gasteiger partial charge in [0.1, 0.15) is 0 Å². The molecule has 1 aliphatic heterocycles. The molecule has 1 saturated heterocycles. The van der Waals surface area contributed by atoms with Gasteiger partial charge in [0.2, 0.25) is 10.0 Å². The molecule has 1 heterocycles. The molecule has 1 rings (SSSR count). The molecule has 1 aliphatic rings. The Morgan fingerprint density at radius 1 is 1.37 bits per heavy atom. The van der Waals surface area contributed by atoms with Gasteiger partial charge in [-0.1, -0.05) is 6.92 Å². The summed E-state index contributed by atoms with van der Waals surface area (Å²) in [4.78, 5) is 0. The molecule has 0 bridgehead atoms. The number of rotatable bonds is 6. The van der Waals surface area contributed by atoms with Crippen molar-refractivity contribution in [3.8, 4) is 0 Å². The summed E-state index contributed by atoms with van der Waals surface area (Å²) in [6.07, 6.45) is -3.87. The van der Waals surface area contributed by atoms with E-state index in [4.69, 9.17) is 0 Å². The molecule has 19 heavy (non-hydrogen) atoms. The molecular weight excluding hydrogens is 281 g/mol. The van der Waals surface area contributed by atoms with Crippen LogP contribution in [0.3, 0.4) is 0 Å². The molecule has 0 saturated carbocycles. The van der Waals surface area contributed by atoms with Gasteiger partial charge in [-0.2, -0.15) is 13.2 Å². The molecule has 0 aromatic heterocycles. The van der Waals surface area contributed by atoms with Crippen LogP contribution < -0.4 is 10.0 Å². The number of hydrogen-bond acceptors (Lipinski definition) is 3. The predicted octanol–water partition coefficient (Wildman–Crippen LogP) is 1.64. The minimum atomic E-state index is -4.30. The van der Waals surface area contributed by atoms with Gasteiger partial charge in [0, 0.05) is 19.5 Å². The fourth-order valence-electron chi connectivity index (χ4n) is 2.09. The number of alkyl halides is 3. The summed E-state index contributed by atoms with van der Waals surface area (Å²) in [5.41, 5.74) is -0.157. The third kappa shape index (κ3) is 7.12. The van der Waals surface area contributed by atoms with Gasteiger partial charge in [-0.25, -0.2) is 13.1 Å². The molecular formula is C11H21F3N2O2S. The standard InChI is InChI=1S/C11H21F3N2O2S/c1-10(4-2-6-15-8-10)9-16-19(17,18)7-3-5-11(12,13)14/h15-16H,2-9H2,1H3. The van der Waals surface area contributed by atoms with Gasteiger partial charge < -0.3 is 5.32 Å². The zero-order valence-corrected chi connectivity index (χ0v) is 11.8. The Balaban J connectivity index is 2.34. The third-order valence-corrected chi connectivity index (χ3v) is 4.69. The van der Waals surface area contributed by atoms with Crippen LogP contribution in [0.15, 0.2) is 0 Å². The summed E-state index contributed by atoms with van der Waals surface area (Å²) in [5.74, 6) is -0.476. The molecule has 0 aromatic carbocycles. The lowest BCUT2D eigenvalue weighted by atomic mass is 9.83. The number of sulfonamides is 1. The van der Waals surface area contributed by atoms with E-state index in [2.05, 4.69) is 10.0 Å². The lowest BCUT2D eigenvalue weighted by Crippen LogP contribution is -2.46. The number of hydrogen-bond donors (Lipinski definition) is 2. The molecule has 1 fully saturated rings. The van der Waals surface area contributed by atoms with Crippen LogP contribution in [-0.2, 0) is 10.0 Å². The lowest BCUT2D eigenvalue weighted by Gasteiger charge is -2.34. The Morgan fingerprint density at radius 2 is 2.05 bits per heavy atom. The highest BCUT2D eigenvalue weighted by Crippen LogP contribution is 2.25. The first-order valence-corrected chi connectivity index (χ1v) is 8.02. The molecule has 8 heteroatoms. The first-order chi connectivity index (χ1) is 8.62. The number of nitrogens with one attached hydrogen (secondary N) is 2. The Kier molecular flexibility index (Phi) is 5.64. The van der Waals surface area contributed by atoms with E-state index >= 15 is 0 Å². The molecule has 1 atom stereocenters. The van der Waals surface area contributed by atoms with Crippen molar-refractivity contribution in [3.63, 3.8) is 0 Å². The molecule has 0 radical (unpaired) electrons. The zero-order valence-electron chi connectivity index (χ0n) is 11.0. The Morgan fingerprint density at radius 3 is 2.58 bits per heavy atom. The smallest absolute Gasteiger partial charge is 0.316 e. The van der Waals surface area contributed by atoms with E-state index in [1.54, 1.807) is 0 Å². The summed E-state index contributed by atoms with van der Waals surface area (Å²) in [5, 5.41) is 3.19. The fourth-order valence-corrected chi connectivity index (χ4v) is 3.33. The maximum Gasteiger partial charge on any atom is 0.389 e. The van der Waals surface area contributed by atoms with Gasteiger partial charge in [0.15, 0.2) is 0 Å². The van der Waals surface area contributed by atoms with Crippen LogP contribution in [0.5, 0.6) is 0 Å².